The maximum absolute atomic E-state index is 13.7. The molecule has 0 saturated carbocycles. The molecular formula is C27H28BF3N5O3. The number of benzene rings is 1. The Balaban J connectivity index is 1.46. The van der Waals surface area contributed by atoms with Gasteiger partial charge in [-0.15, -0.1) is 0 Å². The lowest BCUT2D eigenvalue weighted by atomic mass is 9.84. The smallest absolute Gasteiger partial charge is 0.419 e. The van der Waals surface area contributed by atoms with Crippen LogP contribution in [0.15, 0.2) is 48.8 Å². The third-order valence-corrected chi connectivity index (χ3v) is 6.76. The van der Waals surface area contributed by atoms with Crippen LogP contribution in [0.25, 0.3) is 0 Å². The summed E-state index contributed by atoms with van der Waals surface area (Å²) in [6, 6.07) is 11.0. The second kappa shape index (κ2) is 12.8. The minimum atomic E-state index is -4.62. The first-order valence-corrected chi connectivity index (χ1v) is 12.6. The molecule has 2 aromatic heterocycles. The van der Waals surface area contributed by atoms with Crippen LogP contribution >= 0.6 is 0 Å². The summed E-state index contributed by atoms with van der Waals surface area (Å²) in [4.78, 5) is 36.8. The van der Waals surface area contributed by atoms with E-state index in [1.165, 1.54) is 18.9 Å². The molecule has 0 atom stereocenters. The van der Waals surface area contributed by atoms with E-state index in [4.69, 9.17) is 4.74 Å². The van der Waals surface area contributed by atoms with Crippen molar-refractivity contribution in [3.8, 4) is 0 Å². The fourth-order valence-corrected chi connectivity index (χ4v) is 4.66. The molecule has 1 radical (unpaired) electrons. The van der Waals surface area contributed by atoms with Gasteiger partial charge in [-0.05, 0) is 74.0 Å². The molecule has 1 aliphatic heterocycles. The number of halogens is 3. The normalized spacial score (nSPS) is 14.6. The van der Waals surface area contributed by atoms with Crippen molar-refractivity contribution in [1.82, 2.24) is 19.8 Å². The zero-order valence-electron chi connectivity index (χ0n) is 21.4. The number of aromatic nitrogens is 3. The fourth-order valence-electron chi connectivity index (χ4n) is 4.66. The number of nitrogens with zero attached hydrogens (tertiary/aromatic N) is 4. The number of piperidine rings is 1. The van der Waals surface area contributed by atoms with E-state index in [0.29, 0.717) is 22.9 Å². The predicted molar refractivity (Wildman–Crippen MR) is 140 cm³/mol. The van der Waals surface area contributed by atoms with Gasteiger partial charge in [-0.2, -0.15) is 13.2 Å². The lowest BCUT2D eigenvalue weighted by molar-refractivity contribution is -0.140. The number of hydrogen-bond donors (Lipinski definition) is 1. The molecule has 0 bridgehead atoms. The van der Waals surface area contributed by atoms with Gasteiger partial charge in [0.2, 0.25) is 5.95 Å². The zero-order chi connectivity index (χ0) is 27.8. The van der Waals surface area contributed by atoms with Crippen LogP contribution in [-0.2, 0) is 39.8 Å². The van der Waals surface area contributed by atoms with Gasteiger partial charge in [-0.25, -0.2) is 9.97 Å². The molecule has 0 aliphatic carbocycles. The highest BCUT2D eigenvalue weighted by Crippen LogP contribution is 2.33. The SMILES string of the molecule is COC(=O)Cc1cccnc1CCc1nc(Nc2ccc(C3CCN([B]C=O)CC3)cc2)ncc1C(F)(F)F. The van der Waals surface area contributed by atoms with Crippen LogP contribution in [0.5, 0.6) is 0 Å². The van der Waals surface area contributed by atoms with Crippen molar-refractivity contribution in [3.63, 3.8) is 0 Å². The topological polar surface area (TPSA) is 97.3 Å². The Morgan fingerprint density at radius 3 is 2.51 bits per heavy atom. The van der Waals surface area contributed by atoms with Gasteiger partial charge in [-0.3, -0.25) is 9.78 Å². The fraction of sp³-hybridized carbons (Fsp3) is 0.370. The van der Waals surface area contributed by atoms with Crippen LogP contribution in [0.1, 0.15) is 46.8 Å². The van der Waals surface area contributed by atoms with Crippen molar-refractivity contribution in [3.05, 3.63) is 76.9 Å². The average molecular weight is 538 g/mol. The number of pyridine rings is 1. The minimum Gasteiger partial charge on any atom is -0.469 e. The molecule has 1 aromatic carbocycles. The number of methoxy groups -OCH3 is 1. The van der Waals surface area contributed by atoms with Crippen LogP contribution in [0, 0.1) is 0 Å². The first-order chi connectivity index (χ1) is 18.8. The molecule has 0 spiro atoms. The number of esters is 1. The van der Waals surface area contributed by atoms with Gasteiger partial charge in [0.25, 0.3) is 7.41 Å². The monoisotopic (exact) mass is 538 g/mol. The number of nitrogens with one attached hydrogen (secondary N) is 1. The van der Waals surface area contributed by atoms with E-state index >= 15 is 0 Å². The summed E-state index contributed by atoms with van der Waals surface area (Å²) >= 11 is 0. The Morgan fingerprint density at radius 2 is 1.85 bits per heavy atom. The Kier molecular flexibility index (Phi) is 9.29. The van der Waals surface area contributed by atoms with Gasteiger partial charge in [-0.1, -0.05) is 18.2 Å². The summed E-state index contributed by atoms with van der Waals surface area (Å²) in [5.74, 6) is -0.0270. The third-order valence-electron chi connectivity index (χ3n) is 6.76. The average Bonchev–Trinajstić information content (AvgIpc) is 2.93. The molecule has 12 heteroatoms. The van der Waals surface area contributed by atoms with Crippen LogP contribution in [0.2, 0.25) is 0 Å². The van der Waals surface area contributed by atoms with Gasteiger partial charge < -0.3 is 19.7 Å². The second-order valence-electron chi connectivity index (χ2n) is 9.26. The van der Waals surface area contributed by atoms with E-state index < -0.39 is 17.7 Å². The minimum absolute atomic E-state index is 0.0192. The molecular weight excluding hydrogens is 510 g/mol. The molecule has 8 nitrogen and oxygen atoms in total. The maximum atomic E-state index is 13.7. The van der Waals surface area contributed by atoms with E-state index in [2.05, 4.69) is 20.3 Å². The number of anilines is 2. The lowest BCUT2D eigenvalue weighted by Crippen LogP contribution is -2.36. The van der Waals surface area contributed by atoms with Crippen LogP contribution in [0.4, 0.5) is 24.8 Å². The van der Waals surface area contributed by atoms with Crippen molar-refractivity contribution >= 4 is 31.2 Å². The maximum Gasteiger partial charge on any atom is 0.419 e. The summed E-state index contributed by atoms with van der Waals surface area (Å²) in [5.41, 5.74) is 1.85. The van der Waals surface area contributed by atoms with Crippen molar-refractivity contribution in [2.75, 3.05) is 25.5 Å². The van der Waals surface area contributed by atoms with Gasteiger partial charge in [0, 0.05) is 23.8 Å². The number of aryl methyl sites for hydroxylation is 2. The van der Waals surface area contributed by atoms with Gasteiger partial charge >= 0.3 is 12.1 Å². The standard InChI is InChI=1S/C27H28BF3N5O3/c1-39-25(38)15-20-3-2-12-32-23(20)8-9-24-22(27(29,30)31)16-33-26(35-24)34-21-6-4-18(5-7-21)19-10-13-36(14-11-19)28-17-37/h2-7,12,16-17,19H,8-11,13-15H2,1H3,(H,33,34,35). The lowest BCUT2D eigenvalue weighted by Gasteiger charge is -2.30. The molecule has 4 rings (SSSR count). The number of hydrogen-bond acceptors (Lipinski definition) is 8. The summed E-state index contributed by atoms with van der Waals surface area (Å²) in [7, 11) is 2.84. The molecule has 0 amide bonds. The third kappa shape index (κ3) is 7.63. The first-order valence-electron chi connectivity index (χ1n) is 12.6. The molecule has 203 valence electrons. The highest BCUT2D eigenvalue weighted by atomic mass is 19.4. The highest BCUT2D eigenvalue weighted by Gasteiger charge is 2.35. The van der Waals surface area contributed by atoms with Gasteiger partial charge in [0.05, 0.1) is 31.0 Å². The van der Waals surface area contributed by atoms with Gasteiger partial charge in [0.1, 0.15) is 0 Å². The molecule has 1 N–H and O–H groups in total. The van der Waals surface area contributed by atoms with E-state index in [-0.39, 0.29) is 30.9 Å². The largest absolute Gasteiger partial charge is 0.469 e. The number of alkyl halides is 3. The molecule has 1 fully saturated rings. The molecule has 3 aromatic rings. The van der Waals surface area contributed by atoms with Crippen LogP contribution in [0.3, 0.4) is 0 Å². The zero-order valence-corrected chi connectivity index (χ0v) is 21.4. The van der Waals surface area contributed by atoms with E-state index in [1.54, 1.807) is 19.5 Å². The summed E-state index contributed by atoms with van der Waals surface area (Å²) in [5, 5.41) is 3.00. The Labute approximate surface area is 225 Å². The Morgan fingerprint density at radius 1 is 1.13 bits per heavy atom. The number of rotatable bonds is 10. The first kappa shape index (κ1) is 28.2. The van der Waals surface area contributed by atoms with Crippen LogP contribution in [-0.4, -0.2) is 59.5 Å². The van der Waals surface area contributed by atoms with E-state index in [0.717, 1.165) is 38.3 Å². The summed E-state index contributed by atoms with van der Waals surface area (Å²) < 4.78 is 45.9. The molecule has 1 saturated heterocycles. The molecule has 0 unspecified atom stereocenters. The van der Waals surface area contributed by atoms with Crippen molar-refractivity contribution in [2.45, 2.75) is 44.2 Å². The van der Waals surface area contributed by atoms with Crippen LogP contribution < -0.4 is 5.32 Å². The molecule has 3 heterocycles. The molecule has 1 aliphatic rings. The number of ether oxygens (including phenoxy) is 1. The molecule has 39 heavy (non-hydrogen) atoms. The number of carbonyl (C=O) groups excluding carboxylic acids is 2. The Hall–Kier alpha value is -3.80. The summed E-state index contributed by atoms with van der Waals surface area (Å²) in [6.07, 6.45) is 0.460. The second-order valence-corrected chi connectivity index (χ2v) is 9.26. The highest BCUT2D eigenvalue weighted by molar-refractivity contribution is 6.64. The number of carbonyl (C=O) groups is 2. The Bertz CT molecular complexity index is 1280. The van der Waals surface area contributed by atoms with Crippen molar-refractivity contribution in [1.29, 1.82) is 0 Å². The van der Waals surface area contributed by atoms with Crippen molar-refractivity contribution < 1.29 is 27.5 Å². The van der Waals surface area contributed by atoms with E-state index in [1.807, 2.05) is 29.1 Å². The summed E-state index contributed by atoms with van der Waals surface area (Å²) in [6.45, 7) is 1.63. The van der Waals surface area contributed by atoms with Gasteiger partial charge in [0.15, 0.2) is 0 Å². The predicted octanol–water partition coefficient (Wildman–Crippen LogP) is 4.12. The van der Waals surface area contributed by atoms with E-state index in [9.17, 15) is 22.8 Å². The van der Waals surface area contributed by atoms with Crippen molar-refractivity contribution in [2.24, 2.45) is 0 Å². The quantitative estimate of drug-likeness (QED) is 0.234.